The number of hydrogen-bond acceptors (Lipinski definition) is 5. The number of fused-ring (bicyclic) bond motifs is 1. The van der Waals surface area contributed by atoms with Gasteiger partial charge in [-0.25, -0.2) is 4.79 Å². The number of esters is 1. The maximum Gasteiger partial charge on any atom is 0.416 e. The summed E-state index contributed by atoms with van der Waals surface area (Å²) in [5, 5.41) is 2.53. The first kappa shape index (κ1) is 26.1. The molecule has 1 aliphatic rings. The molecular weight excluding hydrogens is 487 g/mol. The Morgan fingerprint density at radius 2 is 1.84 bits per heavy atom. The number of ether oxygens (including phenoxy) is 3. The molecule has 0 fully saturated rings. The molecule has 0 saturated heterocycles. The number of carbonyl (C=O) groups is 2. The normalized spacial score (nSPS) is 14.5. The zero-order valence-corrected chi connectivity index (χ0v) is 20.1. The summed E-state index contributed by atoms with van der Waals surface area (Å²) in [6, 6.07) is 17.6. The third kappa shape index (κ3) is 6.81. The molecule has 1 aliphatic carbocycles. The summed E-state index contributed by atoms with van der Waals surface area (Å²) in [6.07, 6.45) is -3.49. The Kier molecular flexibility index (Phi) is 8.01. The van der Waals surface area contributed by atoms with Gasteiger partial charge in [0, 0.05) is 18.0 Å². The van der Waals surface area contributed by atoms with Crippen LogP contribution in [0.2, 0.25) is 0 Å². The number of aryl methyl sites for hydroxylation is 1. The molecule has 0 saturated carbocycles. The molecule has 0 bridgehead atoms. The molecule has 1 N–H and O–H groups in total. The van der Waals surface area contributed by atoms with E-state index in [1.807, 2.05) is 18.2 Å². The lowest BCUT2D eigenvalue weighted by Gasteiger charge is -2.16. The van der Waals surface area contributed by atoms with E-state index >= 15 is 0 Å². The number of rotatable bonds is 8. The zero-order valence-electron chi connectivity index (χ0n) is 20.1. The van der Waals surface area contributed by atoms with Crippen LogP contribution >= 0.6 is 0 Å². The van der Waals surface area contributed by atoms with E-state index in [1.165, 1.54) is 18.7 Å². The van der Waals surface area contributed by atoms with Gasteiger partial charge in [-0.2, -0.15) is 13.2 Å². The standard InChI is InChI=1S/C28H26F3NO5/c1-35-26(33)14-18-5-4-7-23(13-18)37-25-12-11-22(28(29,30)31)15-21(25)16-32-27(34)36-17-20-10-9-19-6-2-3-8-24(19)20/h2-8,11-13,15,20H,9-10,14,16-17H2,1H3,(H,32,34)/t20-/m1/s1. The fourth-order valence-corrected chi connectivity index (χ4v) is 4.29. The molecule has 0 radical (unpaired) electrons. The van der Waals surface area contributed by atoms with Crippen LogP contribution in [0.3, 0.4) is 0 Å². The molecule has 0 aliphatic heterocycles. The van der Waals surface area contributed by atoms with Crippen molar-refractivity contribution < 1.29 is 37.0 Å². The van der Waals surface area contributed by atoms with Crippen LogP contribution in [0.25, 0.3) is 0 Å². The number of methoxy groups -OCH3 is 1. The van der Waals surface area contributed by atoms with Crippen LogP contribution < -0.4 is 10.1 Å². The Balaban J connectivity index is 1.44. The second-order valence-corrected chi connectivity index (χ2v) is 8.71. The van der Waals surface area contributed by atoms with E-state index in [0.717, 1.165) is 30.5 Å². The molecule has 0 spiro atoms. The van der Waals surface area contributed by atoms with Gasteiger partial charge in [-0.15, -0.1) is 0 Å². The van der Waals surface area contributed by atoms with Crippen molar-refractivity contribution in [3.05, 3.63) is 94.5 Å². The predicted molar refractivity (Wildman–Crippen MR) is 129 cm³/mol. The van der Waals surface area contributed by atoms with Crippen LogP contribution in [-0.4, -0.2) is 25.8 Å². The van der Waals surface area contributed by atoms with Crippen molar-refractivity contribution in [2.75, 3.05) is 13.7 Å². The molecule has 1 atom stereocenters. The molecule has 4 rings (SSSR count). The fourth-order valence-electron chi connectivity index (χ4n) is 4.29. The summed E-state index contributed by atoms with van der Waals surface area (Å²) in [4.78, 5) is 23.9. The van der Waals surface area contributed by atoms with Crippen molar-refractivity contribution in [2.45, 2.75) is 37.9 Å². The van der Waals surface area contributed by atoms with Crippen molar-refractivity contribution in [1.82, 2.24) is 5.32 Å². The summed E-state index contributed by atoms with van der Waals surface area (Å²) in [6.45, 7) is -0.0526. The molecule has 0 aromatic heterocycles. The highest BCUT2D eigenvalue weighted by atomic mass is 19.4. The van der Waals surface area contributed by atoms with Crippen molar-refractivity contribution in [1.29, 1.82) is 0 Å². The number of hydrogen-bond donors (Lipinski definition) is 1. The molecule has 1 amide bonds. The highest BCUT2D eigenvalue weighted by Gasteiger charge is 2.31. The van der Waals surface area contributed by atoms with Gasteiger partial charge in [0.1, 0.15) is 18.1 Å². The van der Waals surface area contributed by atoms with Gasteiger partial charge in [-0.1, -0.05) is 36.4 Å². The number of alkyl halides is 3. The van der Waals surface area contributed by atoms with E-state index in [1.54, 1.807) is 24.3 Å². The van der Waals surface area contributed by atoms with Gasteiger partial charge in [-0.05, 0) is 59.9 Å². The second kappa shape index (κ2) is 11.4. The van der Waals surface area contributed by atoms with E-state index in [-0.39, 0.29) is 36.8 Å². The Bertz CT molecular complexity index is 1270. The Morgan fingerprint density at radius 1 is 1.03 bits per heavy atom. The minimum atomic E-state index is -4.57. The minimum Gasteiger partial charge on any atom is -0.469 e. The lowest BCUT2D eigenvalue weighted by atomic mass is 10.0. The number of halogens is 3. The van der Waals surface area contributed by atoms with Gasteiger partial charge >= 0.3 is 18.2 Å². The molecule has 3 aromatic rings. The zero-order chi connectivity index (χ0) is 26.4. The summed E-state index contributed by atoms with van der Waals surface area (Å²) >= 11 is 0. The first-order valence-electron chi connectivity index (χ1n) is 11.7. The van der Waals surface area contributed by atoms with Crippen LogP contribution in [0.5, 0.6) is 11.5 Å². The number of benzene rings is 3. The van der Waals surface area contributed by atoms with E-state index < -0.39 is 23.8 Å². The van der Waals surface area contributed by atoms with Gasteiger partial charge in [0.2, 0.25) is 0 Å². The predicted octanol–water partition coefficient (Wildman–Crippen LogP) is 6.17. The third-order valence-electron chi connectivity index (χ3n) is 6.19. The highest BCUT2D eigenvalue weighted by Crippen LogP contribution is 2.35. The topological polar surface area (TPSA) is 73.9 Å². The molecule has 0 unspecified atom stereocenters. The average Bonchev–Trinajstić information content (AvgIpc) is 3.29. The highest BCUT2D eigenvalue weighted by molar-refractivity contribution is 5.72. The number of amides is 1. The monoisotopic (exact) mass is 513 g/mol. The molecular formula is C28H26F3NO5. The number of carbonyl (C=O) groups excluding carboxylic acids is 2. The molecule has 9 heteroatoms. The van der Waals surface area contributed by atoms with E-state index in [4.69, 9.17) is 9.47 Å². The lowest BCUT2D eigenvalue weighted by molar-refractivity contribution is -0.140. The minimum absolute atomic E-state index is 0.0203. The van der Waals surface area contributed by atoms with E-state index in [9.17, 15) is 22.8 Å². The maximum absolute atomic E-state index is 13.4. The summed E-state index contributed by atoms with van der Waals surface area (Å²) in [5.74, 6) is 0.112. The van der Waals surface area contributed by atoms with Crippen LogP contribution in [0.1, 0.15) is 40.2 Å². The van der Waals surface area contributed by atoms with Crippen molar-refractivity contribution in [3.8, 4) is 11.5 Å². The largest absolute Gasteiger partial charge is 0.469 e. The van der Waals surface area contributed by atoms with Crippen LogP contribution in [0.15, 0.2) is 66.7 Å². The molecule has 0 heterocycles. The molecule has 194 valence electrons. The quantitative estimate of drug-likeness (QED) is 0.365. The van der Waals surface area contributed by atoms with Crippen molar-refractivity contribution >= 4 is 12.1 Å². The average molecular weight is 514 g/mol. The summed E-state index contributed by atoms with van der Waals surface area (Å²) in [5.41, 5.74) is 2.26. The first-order valence-corrected chi connectivity index (χ1v) is 11.7. The Hall–Kier alpha value is -4.01. The van der Waals surface area contributed by atoms with Crippen LogP contribution in [-0.2, 0) is 39.8 Å². The van der Waals surface area contributed by atoms with Crippen LogP contribution in [0, 0.1) is 0 Å². The lowest BCUT2D eigenvalue weighted by Crippen LogP contribution is -2.25. The Morgan fingerprint density at radius 3 is 2.62 bits per heavy atom. The van der Waals surface area contributed by atoms with Gasteiger partial charge in [0.15, 0.2) is 0 Å². The van der Waals surface area contributed by atoms with Gasteiger partial charge < -0.3 is 19.5 Å². The number of alkyl carbamates (subject to hydrolysis) is 1. The van der Waals surface area contributed by atoms with Crippen LogP contribution in [0.4, 0.5) is 18.0 Å². The van der Waals surface area contributed by atoms with E-state index in [0.29, 0.717) is 11.3 Å². The second-order valence-electron chi connectivity index (χ2n) is 8.71. The molecule has 6 nitrogen and oxygen atoms in total. The maximum atomic E-state index is 13.4. The smallest absolute Gasteiger partial charge is 0.416 e. The third-order valence-corrected chi connectivity index (χ3v) is 6.19. The SMILES string of the molecule is COC(=O)Cc1cccc(Oc2ccc(C(F)(F)F)cc2CNC(=O)OC[C@H]2CCc3ccccc32)c1. The van der Waals surface area contributed by atoms with Gasteiger partial charge in [0.05, 0.1) is 19.1 Å². The van der Waals surface area contributed by atoms with E-state index in [2.05, 4.69) is 16.1 Å². The van der Waals surface area contributed by atoms with Crippen molar-refractivity contribution in [3.63, 3.8) is 0 Å². The fraction of sp³-hybridized carbons (Fsp3) is 0.286. The van der Waals surface area contributed by atoms with Gasteiger partial charge in [-0.3, -0.25) is 4.79 Å². The van der Waals surface area contributed by atoms with Gasteiger partial charge in [0.25, 0.3) is 0 Å². The number of nitrogens with one attached hydrogen (secondary N) is 1. The van der Waals surface area contributed by atoms with Crippen molar-refractivity contribution in [2.24, 2.45) is 0 Å². The summed E-state index contributed by atoms with van der Waals surface area (Å²) < 4.78 is 55.9. The Labute approximate surface area is 212 Å². The summed E-state index contributed by atoms with van der Waals surface area (Å²) in [7, 11) is 1.28. The molecule has 3 aromatic carbocycles. The molecule has 37 heavy (non-hydrogen) atoms. The first-order chi connectivity index (χ1) is 17.7.